The van der Waals surface area contributed by atoms with Crippen molar-refractivity contribution in [1.29, 1.82) is 0 Å². The molecule has 0 aliphatic heterocycles. The van der Waals surface area contributed by atoms with Gasteiger partial charge < -0.3 is 10.6 Å². The number of carbonyl (C=O) groups is 1. The highest BCUT2D eigenvalue weighted by molar-refractivity contribution is 6.05. The lowest BCUT2D eigenvalue weighted by molar-refractivity contribution is -0.137. The molecule has 10 nitrogen and oxygen atoms in total. The molecule has 13 heteroatoms. The number of unbranched alkanes of at least 4 members (excludes halogenated alkanes) is 1. The fourth-order valence-corrected chi connectivity index (χ4v) is 3.54. The molecular formula is C22H23F3N6O4. The minimum Gasteiger partial charge on any atom is -0.383 e. The summed E-state index contributed by atoms with van der Waals surface area (Å²) in [6.45, 7) is 3.43. The van der Waals surface area contributed by atoms with Gasteiger partial charge in [0, 0.05) is 25.4 Å². The number of hydrogen-bond acceptors (Lipinski definition) is 6. The number of nitrogens with zero attached hydrogens (tertiary/aromatic N) is 4. The van der Waals surface area contributed by atoms with Gasteiger partial charge >= 0.3 is 11.9 Å². The standard InChI is InChI=1S/C22H23F3N6O4/c1-4-5-10-30-18(26)17(19(33)27-21(30)35)29(3)20(34)16-15(32)11-12(2)31(28-16)14-9-7-6-8-13(14)22(23,24)25/h6-9,11H,4-5,10,26H2,1-3H3,(H,27,33,35). The van der Waals surface area contributed by atoms with Crippen molar-refractivity contribution in [3.63, 3.8) is 0 Å². The van der Waals surface area contributed by atoms with Crippen molar-refractivity contribution in [2.45, 2.75) is 39.4 Å². The van der Waals surface area contributed by atoms with Crippen LogP contribution in [0.3, 0.4) is 0 Å². The van der Waals surface area contributed by atoms with Gasteiger partial charge in [0.15, 0.2) is 11.4 Å². The van der Waals surface area contributed by atoms with E-state index in [2.05, 4.69) is 10.1 Å². The maximum Gasteiger partial charge on any atom is 0.418 e. The van der Waals surface area contributed by atoms with Crippen LogP contribution in [-0.4, -0.2) is 32.3 Å². The molecule has 0 atom stereocenters. The molecule has 3 N–H and O–H groups in total. The molecule has 0 spiro atoms. The smallest absolute Gasteiger partial charge is 0.383 e. The minimum absolute atomic E-state index is 0.0522. The lowest BCUT2D eigenvalue weighted by atomic mass is 10.1. The van der Waals surface area contributed by atoms with Crippen LogP contribution >= 0.6 is 0 Å². The molecule has 0 bridgehead atoms. The normalized spacial score (nSPS) is 11.5. The third kappa shape index (κ3) is 4.88. The number of aromatic nitrogens is 4. The average Bonchev–Trinajstić information content (AvgIpc) is 2.77. The first-order valence-electron chi connectivity index (χ1n) is 10.6. The largest absolute Gasteiger partial charge is 0.418 e. The Morgan fingerprint density at radius 2 is 1.86 bits per heavy atom. The van der Waals surface area contributed by atoms with Crippen LogP contribution in [0.15, 0.2) is 44.7 Å². The molecule has 35 heavy (non-hydrogen) atoms. The van der Waals surface area contributed by atoms with E-state index in [0.29, 0.717) is 6.42 Å². The third-order valence-corrected chi connectivity index (χ3v) is 5.34. The highest BCUT2D eigenvalue weighted by atomic mass is 19.4. The van der Waals surface area contributed by atoms with E-state index in [9.17, 15) is 32.3 Å². The summed E-state index contributed by atoms with van der Waals surface area (Å²) in [6, 6.07) is 5.53. The Balaban J connectivity index is 2.15. The molecule has 3 rings (SSSR count). The molecule has 0 aliphatic rings. The first-order chi connectivity index (χ1) is 16.4. The molecule has 1 aromatic carbocycles. The lowest BCUT2D eigenvalue weighted by Crippen LogP contribution is -2.41. The summed E-state index contributed by atoms with van der Waals surface area (Å²) in [6.07, 6.45) is -3.43. The average molecular weight is 492 g/mol. The topological polar surface area (TPSA) is 136 Å². The zero-order valence-corrected chi connectivity index (χ0v) is 19.1. The van der Waals surface area contributed by atoms with E-state index in [1.165, 1.54) is 19.1 Å². The van der Waals surface area contributed by atoms with Gasteiger partial charge in [0.05, 0.1) is 11.3 Å². The van der Waals surface area contributed by atoms with Crippen molar-refractivity contribution < 1.29 is 18.0 Å². The van der Waals surface area contributed by atoms with Gasteiger partial charge in [-0.05, 0) is 25.5 Å². The first-order valence-corrected chi connectivity index (χ1v) is 10.6. The Hall–Kier alpha value is -4.16. The number of halogens is 3. The molecule has 186 valence electrons. The van der Waals surface area contributed by atoms with Crippen molar-refractivity contribution in [2.75, 3.05) is 17.7 Å². The molecule has 0 saturated carbocycles. The third-order valence-electron chi connectivity index (χ3n) is 5.34. The fraction of sp³-hybridized carbons (Fsp3) is 0.318. The van der Waals surface area contributed by atoms with Crippen molar-refractivity contribution in [3.8, 4) is 5.69 Å². The number of benzene rings is 1. The molecule has 0 radical (unpaired) electrons. The quantitative estimate of drug-likeness (QED) is 0.541. The number of nitrogens with two attached hydrogens (primary N) is 1. The van der Waals surface area contributed by atoms with E-state index in [4.69, 9.17) is 5.73 Å². The Morgan fingerprint density at radius 1 is 1.20 bits per heavy atom. The van der Waals surface area contributed by atoms with Crippen LogP contribution in [-0.2, 0) is 12.7 Å². The molecule has 2 heterocycles. The van der Waals surface area contributed by atoms with Gasteiger partial charge in [-0.15, -0.1) is 0 Å². The van der Waals surface area contributed by atoms with Crippen molar-refractivity contribution in [2.24, 2.45) is 0 Å². The minimum atomic E-state index is -4.72. The summed E-state index contributed by atoms with van der Waals surface area (Å²) in [7, 11) is 1.15. The van der Waals surface area contributed by atoms with Crippen LogP contribution in [0.1, 0.15) is 41.5 Å². The van der Waals surface area contributed by atoms with Gasteiger partial charge in [0.2, 0.25) is 5.43 Å². The molecule has 0 fully saturated rings. The number of alkyl halides is 3. The molecule has 1 amide bonds. The summed E-state index contributed by atoms with van der Waals surface area (Å²) in [4.78, 5) is 53.2. The zero-order valence-electron chi connectivity index (χ0n) is 19.1. The highest BCUT2D eigenvalue weighted by Gasteiger charge is 2.34. The second-order valence-corrected chi connectivity index (χ2v) is 7.79. The van der Waals surface area contributed by atoms with Gasteiger partial charge in [0.25, 0.3) is 11.5 Å². The van der Waals surface area contributed by atoms with Crippen LogP contribution in [0.2, 0.25) is 0 Å². The summed E-state index contributed by atoms with van der Waals surface area (Å²) >= 11 is 0. The lowest BCUT2D eigenvalue weighted by Gasteiger charge is -2.21. The zero-order chi connectivity index (χ0) is 26.1. The summed E-state index contributed by atoms with van der Waals surface area (Å²) in [5.41, 5.74) is 0.936. The molecular weight excluding hydrogens is 469 g/mol. The predicted molar refractivity (Wildman–Crippen MR) is 123 cm³/mol. The number of rotatable bonds is 6. The van der Waals surface area contributed by atoms with Gasteiger partial charge in [0.1, 0.15) is 5.82 Å². The molecule has 0 unspecified atom stereocenters. The SMILES string of the molecule is CCCCn1c(N)c(N(C)C(=O)c2nn(-c3ccccc3C(F)(F)F)c(C)cc2=O)c(=O)[nH]c1=O. The van der Waals surface area contributed by atoms with Crippen molar-refractivity contribution in [3.05, 3.63) is 78.3 Å². The number of aryl methyl sites for hydroxylation is 1. The van der Waals surface area contributed by atoms with Gasteiger partial charge in [-0.2, -0.15) is 18.3 Å². The Bertz CT molecular complexity index is 1460. The second-order valence-electron chi connectivity index (χ2n) is 7.79. The monoisotopic (exact) mass is 492 g/mol. The van der Waals surface area contributed by atoms with Crippen LogP contribution in [0.5, 0.6) is 0 Å². The Morgan fingerprint density at radius 3 is 2.49 bits per heavy atom. The predicted octanol–water partition coefficient (Wildman–Crippen LogP) is 2.07. The van der Waals surface area contributed by atoms with E-state index >= 15 is 0 Å². The number of aromatic amines is 1. The molecule has 0 aliphatic carbocycles. The number of para-hydroxylation sites is 1. The maximum atomic E-state index is 13.5. The van der Waals surface area contributed by atoms with E-state index in [0.717, 1.165) is 45.8 Å². The van der Waals surface area contributed by atoms with Crippen molar-refractivity contribution >= 4 is 17.4 Å². The van der Waals surface area contributed by atoms with E-state index in [1.807, 2.05) is 6.92 Å². The van der Waals surface area contributed by atoms with Crippen molar-refractivity contribution in [1.82, 2.24) is 19.3 Å². The van der Waals surface area contributed by atoms with E-state index < -0.39 is 45.7 Å². The number of nitrogens with one attached hydrogen (secondary N) is 1. The maximum absolute atomic E-state index is 13.5. The first kappa shape index (κ1) is 25.5. The van der Waals surface area contributed by atoms with E-state index in [-0.39, 0.29) is 23.7 Å². The summed E-state index contributed by atoms with van der Waals surface area (Å²) in [5.74, 6) is -1.39. The fourth-order valence-electron chi connectivity index (χ4n) is 3.54. The van der Waals surface area contributed by atoms with Gasteiger partial charge in [-0.25, -0.2) is 9.48 Å². The van der Waals surface area contributed by atoms with Gasteiger partial charge in [-0.1, -0.05) is 25.5 Å². The van der Waals surface area contributed by atoms with E-state index in [1.54, 1.807) is 0 Å². The summed E-state index contributed by atoms with van der Waals surface area (Å²) < 4.78 is 42.6. The Kier molecular flexibility index (Phi) is 6.99. The number of anilines is 2. The number of H-pyrrole nitrogens is 1. The number of amides is 1. The van der Waals surface area contributed by atoms with Crippen LogP contribution < -0.4 is 27.3 Å². The molecule has 3 aromatic rings. The Labute approximate surface area is 196 Å². The number of hydrogen-bond donors (Lipinski definition) is 2. The highest BCUT2D eigenvalue weighted by Crippen LogP contribution is 2.33. The summed E-state index contributed by atoms with van der Waals surface area (Å²) in [5, 5.41) is 3.90. The molecule has 0 saturated heterocycles. The number of nitrogen functional groups attached to an aromatic ring is 1. The number of carbonyl (C=O) groups excluding carboxylic acids is 1. The molecule has 2 aromatic heterocycles. The van der Waals surface area contributed by atoms with Gasteiger partial charge in [-0.3, -0.25) is 23.9 Å². The van der Waals surface area contributed by atoms with Crippen LogP contribution in [0.4, 0.5) is 24.7 Å². The van der Waals surface area contributed by atoms with Crippen LogP contribution in [0, 0.1) is 6.92 Å². The van der Waals surface area contributed by atoms with Crippen LogP contribution in [0.25, 0.3) is 5.69 Å². The second kappa shape index (κ2) is 9.60.